The minimum atomic E-state index is -1.11. The zero-order valence-corrected chi connectivity index (χ0v) is 21.4. The van der Waals surface area contributed by atoms with Crippen LogP contribution >= 0.6 is 0 Å². The Kier molecular flexibility index (Phi) is 11.8. The third-order valence-electron chi connectivity index (χ3n) is 5.24. The van der Waals surface area contributed by atoms with Gasteiger partial charge in [-0.25, -0.2) is 9.59 Å². The maximum atomic E-state index is 12.8. The number of piperidine rings is 1. The summed E-state index contributed by atoms with van der Waals surface area (Å²) < 4.78 is 20.2. The van der Waals surface area contributed by atoms with Crippen LogP contribution in [0.25, 0.3) is 0 Å². The maximum absolute atomic E-state index is 12.8. The second-order valence-corrected chi connectivity index (χ2v) is 8.58. The number of amides is 2. The second kappa shape index (κ2) is 14.8. The fraction of sp³-hybridized carbons (Fsp3) is 0.542. The van der Waals surface area contributed by atoms with E-state index in [1.165, 1.54) is 13.1 Å². The number of nitrogens with two attached hydrogens (primary N) is 1. The van der Waals surface area contributed by atoms with E-state index in [9.17, 15) is 19.2 Å². The summed E-state index contributed by atoms with van der Waals surface area (Å²) in [5, 5.41) is 6.15. The van der Waals surface area contributed by atoms with Crippen molar-refractivity contribution >= 4 is 30.2 Å². The van der Waals surface area contributed by atoms with Gasteiger partial charge in [0.15, 0.2) is 0 Å². The number of nitrogens with one attached hydrogen (secondary N) is 1. The van der Waals surface area contributed by atoms with E-state index in [1.807, 2.05) is 0 Å². The summed E-state index contributed by atoms with van der Waals surface area (Å²) in [6.07, 6.45) is -0.214. The lowest BCUT2D eigenvalue weighted by Gasteiger charge is -2.33. The van der Waals surface area contributed by atoms with E-state index in [1.54, 1.807) is 49.9 Å². The quantitative estimate of drug-likeness (QED) is 0.188. The number of esters is 1. The summed E-state index contributed by atoms with van der Waals surface area (Å²) in [7, 11) is 0. The lowest BCUT2D eigenvalue weighted by molar-refractivity contribution is -0.176. The molecule has 1 aliphatic rings. The Morgan fingerprint density at radius 2 is 1.70 bits per heavy atom. The Balaban J connectivity index is 1.70. The molecule has 1 aromatic rings. The van der Waals surface area contributed by atoms with Gasteiger partial charge in [-0.15, -0.1) is 5.90 Å². The molecule has 1 aromatic carbocycles. The van der Waals surface area contributed by atoms with Gasteiger partial charge < -0.3 is 34.1 Å². The molecule has 204 valence electrons. The highest BCUT2D eigenvalue weighted by molar-refractivity contribution is 5.98. The van der Waals surface area contributed by atoms with Crippen LogP contribution in [0.5, 0.6) is 0 Å². The first-order valence-corrected chi connectivity index (χ1v) is 11.9. The molecule has 1 aliphatic heterocycles. The van der Waals surface area contributed by atoms with E-state index in [2.05, 4.69) is 15.4 Å². The Morgan fingerprint density at radius 1 is 1.05 bits per heavy atom. The molecule has 2 rings (SSSR count). The largest absolute Gasteiger partial charge is 0.511 e. The molecule has 1 saturated heterocycles. The van der Waals surface area contributed by atoms with Crippen molar-refractivity contribution in [3.63, 3.8) is 0 Å². The Hall–Kier alpha value is -3.71. The van der Waals surface area contributed by atoms with Crippen molar-refractivity contribution in [2.45, 2.75) is 65.1 Å². The summed E-state index contributed by atoms with van der Waals surface area (Å²) in [4.78, 5) is 54.4. The predicted molar refractivity (Wildman–Crippen MR) is 130 cm³/mol. The van der Waals surface area contributed by atoms with Crippen molar-refractivity contribution in [1.29, 1.82) is 0 Å². The standard InChI is InChI=1S/C24H34N4O9/c1-15(2)34-24(32)36-17(4)35-21(29)14-33-20-9-11-28(12-10-20)23(31)16(3)27-22(30)19-7-5-18(6-8-19)13-26-37-25/h5-8,13,15-17,20H,9-12,14,25H2,1-4H3,(H,27,30)/t16-,17+/m0/s1. The third kappa shape index (κ3) is 10.4. The van der Waals surface area contributed by atoms with Crippen LogP contribution in [0.3, 0.4) is 0 Å². The van der Waals surface area contributed by atoms with Gasteiger partial charge >= 0.3 is 12.1 Å². The minimum absolute atomic E-state index is 0.214. The first kappa shape index (κ1) is 29.5. The number of benzene rings is 1. The first-order chi connectivity index (χ1) is 17.6. The molecule has 0 bridgehead atoms. The summed E-state index contributed by atoms with van der Waals surface area (Å²) in [5.41, 5.74) is 1.08. The number of hydrogen-bond donors (Lipinski definition) is 2. The van der Waals surface area contributed by atoms with Crippen LogP contribution in [0.2, 0.25) is 0 Å². The van der Waals surface area contributed by atoms with Gasteiger partial charge in [0.25, 0.3) is 5.91 Å². The molecule has 13 nitrogen and oxygen atoms in total. The number of carbonyl (C=O) groups is 4. The zero-order valence-electron chi connectivity index (χ0n) is 21.4. The van der Waals surface area contributed by atoms with E-state index in [4.69, 9.17) is 24.8 Å². The molecule has 1 fully saturated rings. The molecule has 0 saturated carbocycles. The fourth-order valence-electron chi connectivity index (χ4n) is 3.46. The van der Waals surface area contributed by atoms with Crippen LogP contribution < -0.4 is 11.2 Å². The van der Waals surface area contributed by atoms with Crippen LogP contribution in [-0.4, -0.2) is 79.3 Å². The van der Waals surface area contributed by atoms with Gasteiger partial charge in [0.2, 0.25) is 12.2 Å². The SMILES string of the molecule is CC(C)OC(=O)O[C@H](C)OC(=O)COC1CCN(C(=O)[C@H](C)NC(=O)c2ccc(C=NON)cc2)CC1. The summed E-state index contributed by atoms with van der Waals surface area (Å²) in [6.45, 7) is 6.86. The van der Waals surface area contributed by atoms with Gasteiger partial charge in [0.1, 0.15) is 12.6 Å². The summed E-state index contributed by atoms with van der Waals surface area (Å²) in [5.74, 6) is 3.55. The van der Waals surface area contributed by atoms with E-state index < -0.39 is 24.5 Å². The number of hydrogen-bond acceptors (Lipinski definition) is 11. The Morgan fingerprint density at radius 3 is 2.30 bits per heavy atom. The van der Waals surface area contributed by atoms with Gasteiger partial charge in [-0.1, -0.05) is 17.3 Å². The van der Waals surface area contributed by atoms with Crippen molar-refractivity contribution in [2.24, 2.45) is 11.1 Å². The molecular formula is C24H34N4O9. The van der Waals surface area contributed by atoms with Crippen molar-refractivity contribution in [3.05, 3.63) is 35.4 Å². The number of likely N-dealkylation sites (tertiary alicyclic amines) is 1. The average molecular weight is 523 g/mol. The van der Waals surface area contributed by atoms with Gasteiger partial charge in [0, 0.05) is 25.6 Å². The van der Waals surface area contributed by atoms with Gasteiger partial charge in [-0.05, 0) is 51.3 Å². The highest BCUT2D eigenvalue weighted by atomic mass is 16.8. The van der Waals surface area contributed by atoms with Gasteiger partial charge in [0.05, 0.1) is 18.4 Å². The van der Waals surface area contributed by atoms with Crippen LogP contribution in [0.1, 0.15) is 56.5 Å². The average Bonchev–Trinajstić information content (AvgIpc) is 2.85. The van der Waals surface area contributed by atoms with Gasteiger partial charge in [-0.2, -0.15) is 0 Å². The number of carbonyl (C=O) groups excluding carboxylic acids is 4. The summed E-state index contributed by atoms with van der Waals surface area (Å²) in [6, 6.07) is 5.80. The Bertz CT molecular complexity index is 944. The normalized spacial score (nSPS) is 15.7. The molecule has 0 radical (unpaired) electrons. The fourth-order valence-corrected chi connectivity index (χ4v) is 3.46. The molecule has 0 aliphatic carbocycles. The van der Waals surface area contributed by atoms with Crippen LogP contribution in [-0.2, 0) is 33.5 Å². The number of ether oxygens (including phenoxy) is 4. The van der Waals surface area contributed by atoms with E-state index >= 15 is 0 Å². The topological polar surface area (TPSA) is 168 Å². The Labute approximate surface area is 215 Å². The van der Waals surface area contributed by atoms with Crippen molar-refractivity contribution in [2.75, 3.05) is 19.7 Å². The molecule has 2 atom stereocenters. The highest BCUT2D eigenvalue weighted by Gasteiger charge is 2.28. The van der Waals surface area contributed by atoms with E-state index in [-0.39, 0.29) is 30.6 Å². The van der Waals surface area contributed by atoms with E-state index in [0.29, 0.717) is 37.1 Å². The minimum Gasteiger partial charge on any atom is -0.431 e. The van der Waals surface area contributed by atoms with Crippen molar-refractivity contribution < 1.29 is 43.1 Å². The lowest BCUT2D eigenvalue weighted by Crippen LogP contribution is -2.50. The lowest BCUT2D eigenvalue weighted by atomic mass is 10.1. The molecule has 0 spiro atoms. The molecule has 2 amide bonds. The summed E-state index contributed by atoms with van der Waals surface area (Å²) >= 11 is 0. The van der Waals surface area contributed by atoms with Crippen LogP contribution in [0.4, 0.5) is 4.79 Å². The maximum Gasteiger partial charge on any atom is 0.511 e. The first-order valence-electron chi connectivity index (χ1n) is 11.9. The molecule has 13 heteroatoms. The molecule has 37 heavy (non-hydrogen) atoms. The van der Waals surface area contributed by atoms with Crippen molar-refractivity contribution in [3.8, 4) is 0 Å². The number of oxime groups is 1. The van der Waals surface area contributed by atoms with Crippen LogP contribution in [0.15, 0.2) is 29.4 Å². The third-order valence-corrected chi connectivity index (χ3v) is 5.24. The van der Waals surface area contributed by atoms with Crippen LogP contribution in [0, 0.1) is 0 Å². The molecule has 1 heterocycles. The zero-order chi connectivity index (χ0) is 27.4. The smallest absolute Gasteiger partial charge is 0.431 e. The van der Waals surface area contributed by atoms with Crippen molar-refractivity contribution in [1.82, 2.24) is 10.2 Å². The second-order valence-electron chi connectivity index (χ2n) is 8.58. The molecule has 0 aromatic heterocycles. The molecule has 0 unspecified atom stereocenters. The van der Waals surface area contributed by atoms with Gasteiger partial charge in [-0.3, -0.25) is 9.59 Å². The molecular weight excluding hydrogens is 488 g/mol. The molecule has 3 N–H and O–H groups in total. The monoisotopic (exact) mass is 522 g/mol. The number of rotatable bonds is 11. The number of nitrogens with zero attached hydrogens (tertiary/aromatic N) is 2. The predicted octanol–water partition coefficient (Wildman–Crippen LogP) is 1.49. The van der Waals surface area contributed by atoms with E-state index in [0.717, 1.165) is 0 Å². The highest BCUT2D eigenvalue weighted by Crippen LogP contribution is 2.15.